The molecule has 0 unspecified atom stereocenters. The number of nitriles is 1. The van der Waals surface area contributed by atoms with E-state index in [4.69, 9.17) is 40.3 Å². The summed E-state index contributed by atoms with van der Waals surface area (Å²) in [5, 5.41) is 45.7. The molecule has 0 saturated carbocycles. The van der Waals surface area contributed by atoms with Gasteiger partial charge in [0.2, 0.25) is 11.6 Å². The summed E-state index contributed by atoms with van der Waals surface area (Å²) in [4.78, 5) is 30.6. The predicted octanol–water partition coefficient (Wildman–Crippen LogP) is 7.39. The number of fused-ring (bicyclic) bond motifs is 2. The second kappa shape index (κ2) is 16.6. The molecule has 8 rings (SSSR count). The number of rotatable bonds is 12. The SMILES string of the molecule is CC(C)Oc1ccc(-c2nc(-c3ccc4c(cnn4CC(=O)O)c3)no2)cc1C#N.COc1ccc(-c2nc(-c3ccc4c(cnn4CCC(=O)O)c3)no2)cc1Cl. The molecule has 18 heteroatoms. The van der Waals surface area contributed by atoms with Gasteiger partial charge in [-0.25, -0.2) is 0 Å². The average Bonchev–Trinajstić information content (AvgIpc) is 4.04. The highest BCUT2D eigenvalue weighted by atomic mass is 35.5. The minimum atomic E-state index is -0.964. The summed E-state index contributed by atoms with van der Waals surface area (Å²) in [6.07, 6.45) is 3.24. The summed E-state index contributed by atoms with van der Waals surface area (Å²) in [7, 11) is 1.55. The molecule has 0 atom stereocenters. The molecule has 0 spiro atoms. The molecular formula is C40H32ClN9O8. The maximum absolute atomic E-state index is 10.9. The molecule has 4 aromatic heterocycles. The van der Waals surface area contributed by atoms with Gasteiger partial charge in [0.05, 0.1) is 60.2 Å². The molecule has 0 amide bonds. The number of aliphatic carboxylic acids is 2. The number of ether oxygens (including phenoxy) is 2. The largest absolute Gasteiger partial charge is 0.495 e. The molecular weight excluding hydrogens is 770 g/mol. The Balaban J connectivity index is 0.000000177. The van der Waals surface area contributed by atoms with Crippen molar-refractivity contribution in [1.29, 1.82) is 5.26 Å². The summed E-state index contributed by atoms with van der Waals surface area (Å²) in [6.45, 7) is 3.87. The fourth-order valence-electron chi connectivity index (χ4n) is 5.91. The third-order valence-electron chi connectivity index (χ3n) is 8.58. The molecule has 0 aliphatic heterocycles. The van der Waals surface area contributed by atoms with Crippen LogP contribution in [0.1, 0.15) is 25.8 Å². The Morgan fingerprint density at radius 3 is 1.86 bits per heavy atom. The maximum atomic E-state index is 10.9. The summed E-state index contributed by atoms with van der Waals surface area (Å²) in [5.74, 6) is 0.666. The standard InChI is InChI=1S/C21H17N5O4.C19H15ClN4O4/c1-12(2)29-18-6-4-14(8-15(18)9-22)21-24-20(25-30-21)13-3-5-17-16(7-13)10-23-26(17)11-19(27)28;1-27-16-5-3-12(9-14(16)20)19-22-18(23-28-19)11-2-4-15-13(8-11)10-21-24(15)7-6-17(25)26/h3-8,10,12H,11H2,1-2H3,(H,27,28);2-5,8-10H,6-7H2,1H3,(H,25,26). The molecule has 4 aromatic carbocycles. The minimum absolute atomic E-state index is 0.0111. The lowest BCUT2D eigenvalue weighted by atomic mass is 10.1. The Morgan fingerprint density at radius 1 is 0.776 bits per heavy atom. The molecule has 0 bridgehead atoms. The molecule has 0 aliphatic carbocycles. The quantitative estimate of drug-likeness (QED) is 0.123. The molecule has 292 valence electrons. The summed E-state index contributed by atoms with van der Waals surface area (Å²) in [5.41, 5.74) is 4.68. The van der Waals surface area contributed by atoms with Gasteiger partial charge in [-0.3, -0.25) is 19.0 Å². The second-order valence-electron chi connectivity index (χ2n) is 12.9. The fourth-order valence-corrected chi connectivity index (χ4v) is 6.17. The first-order valence-electron chi connectivity index (χ1n) is 17.6. The molecule has 8 aromatic rings. The molecule has 0 radical (unpaired) electrons. The Bertz CT molecular complexity index is 2830. The van der Waals surface area contributed by atoms with Crippen molar-refractivity contribution in [1.82, 2.24) is 39.8 Å². The van der Waals surface area contributed by atoms with E-state index in [0.717, 1.165) is 21.9 Å². The number of carbonyl (C=O) groups is 2. The van der Waals surface area contributed by atoms with Gasteiger partial charge >= 0.3 is 11.9 Å². The van der Waals surface area contributed by atoms with Gasteiger partial charge < -0.3 is 28.7 Å². The van der Waals surface area contributed by atoms with Crippen LogP contribution in [0.15, 0.2) is 94.2 Å². The van der Waals surface area contributed by atoms with Crippen LogP contribution in [-0.2, 0) is 22.7 Å². The van der Waals surface area contributed by atoms with Gasteiger partial charge in [0.15, 0.2) is 0 Å². The van der Waals surface area contributed by atoms with Gasteiger partial charge in [-0.15, -0.1) is 0 Å². The minimum Gasteiger partial charge on any atom is -0.495 e. The molecule has 0 fully saturated rings. The lowest BCUT2D eigenvalue weighted by Gasteiger charge is -2.11. The van der Waals surface area contributed by atoms with Crippen molar-refractivity contribution in [2.45, 2.75) is 39.5 Å². The summed E-state index contributed by atoms with van der Waals surface area (Å²) in [6, 6.07) is 23.4. The van der Waals surface area contributed by atoms with E-state index in [1.807, 2.05) is 38.1 Å². The number of hydrogen-bond acceptors (Lipinski definition) is 13. The van der Waals surface area contributed by atoms with Crippen LogP contribution in [0.2, 0.25) is 5.02 Å². The van der Waals surface area contributed by atoms with Gasteiger partial charge in [0, 0.05) is 33.0 Å². The van der Waals surface area contributed by atoms with Crippen LogP contribution in [0.5, 0.6) is 11.5 Å². The highest BCUT2D eigenvalue weighted by molar-refractivity contribution is 6.32. The number of carboxylic acids is 2. The third-order valence-corrected chi connectivity index (χ3v) is 8.88. The van der Waals surface area contributed by atoms with Gasteiger partial charge in [-0.05, 0) is 86.6 Å². The number of nitrogens with zero attached hydrogens (tertiary/aromatic N) is 9. The Hall–Kier alpha value is -7.58. The lowest BCUT2D eigenvalue weighted by Crippen LogP contribution is -2.09. The molecule has 4 heterocycles. The summed E-state index contributed by atoms with van der Waals surface area (Å²) < 4.78 is 24.6. The van der Waals surface area contributed by atoms with E-state index in [1.54, 1.807) is 72.7 Å². The van der Waals surface area contributed by atoms with Crippen LogP contribution < -0.4 is 9.47 Å². The van der Waals surface area contributed by atoms with Crippen molar-refractivity contribution < 1.29 is 38.3 Å². The van der Waals surface area contributed by atoms with Crippen LogP contribution in [0.3, 0.4) is 0 Å². The number of methoxy groups -OCH3 is 1. The Kier molecular flexibility index (Phi) is 11.1. The van der Waals surface area contributed by atoms with E-state index in [-0.39, 0.29) is 25.0 Å². The van der Waals surface area contributed by atoms with Crippen molar-refractivity contribution in [3.8, 4) is 63.3 Å². The predicted molar refractivity (Wildman–Crippen MR) is 209 cm³/mol. The van der Waals surface area contributed by atoms with E-state index in [0.29, 0.717) is 68.4 Å². The number of aryl methyl sites for hydroxylation is 1. The van der Waals surface area contributed by atoms with E-state index in [1.165, 1.54) is 4.68 Å². The third kappa shape index (κ3) is 8.46. The van der Waals surface area contributed by atoms with Gasteiger partial charge in [-0.2, -0.15) is 25.4 Å². The molecule has 58 heavy (non-hydrogen) atoms. The van der Waals surface area contributed by atoms with Gasteiger partial charge in [0.1, 0.15) is 24.1 Å². The summed E-state index contributed by atoms with van der Waals surface area (Å²) >= 11 is 6.16. The monoisotopic (exact) mass is 801 g/mol. The van der Waals surface area contributed by atoms with E-state index in [2.05, 4.69) is 36.5 Å². The first kappa shape index (κ1) is 38.7. The lowest BCUT2D eigenvalue weighted by molar-refractivity contribution is -0.138. The number of hydrogen-bond donors (Lipinski definition) is 2. The number of carboxylic acid groups (broad SMARTS) is 2. The Morgan fingerprint density at radius 2 is 1.33 bits per heavy atom. The first-order valence-corrected chi connectivity index (χ1v) is 18.0. The van der Waals surface area contributed by atoms with Crippen LogP contribution >= 0.6 is 11.6 Å². The highest BCUT2D eigenvalue weighted by Crippen LogP contribution is 2.32. The smallest absolute Gasteiger partial charge is 0.325 e. The van der Waals surface area contributed by atoms with Crippen LogP contribution in [-0.4, -0.2) is 75.2 Å². The molecule has 0 aliphatic rings. The fraction of sp³-hybridized carbons (Fsp3) is 0.175. The van der Waals surface area contributed by atoms with Crippen molar-refractivity contribution >= 4 is 45.3 Å². The van der Waals surface area contributed by atoms with Crippen molar-refractivity contribution in [2.24, 2.45) is 0 Å². The average molecular weight is 802 g/mol. The Labute approximate surface area is 333 Å². The van der Waals surface area contributed by atoms with Crippen molar-refractivity contribution in [2.75, 3.05) is 7.11 Å². The van der Waals surface area contributed by atoms with Crippen molar-refractivity contribution in [3.63, 3.8) is 0 Å². The molecule has 17 nitrogen and oxygen atoms in total. The maximum Gasteiger partial charge on any atom is 0.325 e. The normalized spacial score (nSPS) is 11.0. The van der Waals surface area contributed by atoms with E-state index in [9.17, 15) is 14.9 Å². The van der Waals surface area contributed by atoms with Crippen LogP contribution in [0, 0.1) is 11.3 Å². The highest BCUT2D eigenvalue weighted by Gasteiger charge is 2.17. The van der Waals surface area contributed by atoms with Gasteiger partial charge in [-0.1, -0.05) is 21.9 Å². The van der Waals surface area contributed by atoms with Crippen molar-refractivity contribution in [3.05, 3.63) is 95.8 Å². The zero-order chi connectivity index (χ0) is 40.9. The van der Waals surface area contributed by atoms with Gasteiger partial charge in [0.25, 0.3) is 11.8 Å². The molecule has 0 saturated heterocycles. The van der Waals surface area contributed by atoms with Crippen LogP contribution in [0.4, 0.5) is 0 Å². The van der Waals surface area contributed by atoms with Crippen LogP contribution in [0.25, 0.3) is 67.5 Å². The number of aromatic nitrogens is 8. The number of halogens is 1. The second-order valence-corrected chi connectivity index (χ2v) is 13.3. The zero-order valence-corrected chi connectivity index (χ0v) is 31.8. The topological polar surface area (TPSA) is 230 Å². The molecule has 2 N–H and O–H groups in total. The van der Waals surface area contributed by atoms with E-state index >= 15 is 0 Å². The first-order chi connectivity index (χ1) is 28.0. The zero-order valence-electron chi connectivity index (χ0n) is 31.0. The van der Waals surface area contributed by atoms with E-state index < -0.39 is 11.9 Å². The number of benzene rings is 4.